The summed E-state index contributed by atoms with van der Waals surface area (Å²) in [6.45, 7) is 0. The van der Waals surface area contributed by atoms with Crippen LogP contribution in [0.1, 0.15) is 0 Å². The van der Waals surface area contributed by atoms with Crippen molar-refractivity contribution in [2.75, 3.05) is 14.1 Å². The summed E-state index contributed by atoms with van der Waals surface area (Å²) >= 11 is 0. The molecule has 1 heterocycles. The van der Waals surface area contributed by atoms with Crippen LogP contribution in [0.15, 0.2) is 30.3 Å². The normalized spacial score (nSPS) is 12.4. The van der Waals surface area contributed by atoms with E-state index in [0.717, 1.165) is 8.28 Å². The van der Waals surface area contributed by atoms with Crippen molar-refractivity contribution >= 4 is 21.1 Å². The topological polar surface area (TPSA) is 62.5 Å². The highest BCUT2D eigenvalue weighted by Gasteiger charge is 2.22. The van der Waals surface area contributed by atoms with Crippen LogP contribution in [0.5, 0.6) is 5.88 Å². The predicted octanol–water partition coefficient (Wildman–Crippen LogP) is 1.00. The number of fused-ring (bicyclic) bond motifs is 1. The van der Waals surface area contributed by atoms with Gasteiger partial charge in [0.25, 0.3) is 0 Å². The molecule has 5 nitrogen and oxygen atoms in total. The zero-order valence-electron chi connectivity index (χ0n) is 8.95. The van der Waals surface area contributed by atoms with Gasteiger partial charge in [0.05, 0.1) is 5.52 Å². The number of rotatable bonds is 2. The summed E-state index contributed by atoms with van der Waals surface area (Å²) in [5, 5.41) is 10.4. The van der Waals surface area contributed by atoms with Gasteiger partial charge in [-0.25, -0.2) is 0 Å². The van der Waals surface area contributed by atoms with E-state index in [4.69, 9.17) is 0 Å². The molecular weight excluding hydrogens is 228 g/mol. The maximum absolute atomic E-state index is 12.0. The van der Waals surface area contributed by atoms with E-state index in [9.17, 15) is 13.5 Å². The van der Waals surface area contributed by atoms with Gasteiger partial charge in [0.15, 0.2) is 0 Å². The molecule has 0 unspecified atom stereocenters. The molecule has 0 aliphatic carbocycles. The minimum atomic E-state index is -3.69. The van der Waals surface area contributed by atoms with Gasteiger partial charge in [0.2, 0.25) is 5.88 Å². The number of aromatic hydroxyl groups is 1. The lowest BCUT2D eigenvalue weighted by atomic mass is 10.3. The van der Waals surface area contributed by atoms with E-state index in [2.05, 4.69) is 0 Å². The van der Waals surface area contributed by atoms with Crippen LogP contribution < -0.4 is 0 Å². The molecule has 16 heavy (non-hydrogen) atoms. The Morgan fingerprint density at radius 3 is 2.50 bits per heavy atom. The van der Waals surface area contributed by atoms with Gasteiger partial charge in [-0.05, 0) is 6.07 Å². The number of aromatic nitrogens is 1. The summed E-state index contributed by atoms with van der Waals surface area (Å²) in [5.41, 5.74) is 0.466. The molecule has 86 valence electrons. The van der Waals surface area contributed by atoms with Gasteiger partial charge in [0, 0.05) is 25.5 Å². The van der Waals surface area contributed by atoms with Crippen LogP contribution >= 0.6 is 0 Å². The Morgan fingerprint density at radius 2 is 1.88 bits per heavy atom. The summed E-state index contributed by atoms with van der Waals surface area (Å²) in [7, 11) is -0.850. The van der Waals surface area contributed by atoms with E-state index in [0.29, 0.717) is 10.9 Å². The highest BCUT2D eigenvalue weighted by Crippen LogP contribution is 2.26. The van der Waals surface area contributed by atoms with Crippen LogP contribution in [0.25, 0.3) is 10.9 Å². The first-order chi connectivity index (χ1) is 7.44. The van der Waals surface area contributed by atoms with Crippen molar-refractivity contribution < 1.29 is 13.5 Å². The highest BCUT2D eigenvalue weighted by atomic mass is 32.2. The molecule has 1 aromatic carbocycles. The van der Waals surface area contributed by atoms with Crippen LogP contribution in [0, 0.1) is 0 Å². The first-order valence-electron chi connectivity index (χ1n) is 4.67. The molecule has 0 spiro atoms. The molecule has 0 aliphatic rings. The first kappa shape index (κ1) is 11.0. The second-order valence-corrected chi connectivity index (χ2v) is 5.61. The van der Waals surface area contributed by atoms with Crippen molar-refractivity contribution in [2.24, 2.45) is 0 Å². The molecule has 1 N–H and O–H groups in total. The summed E-state index contributed by atoms with van der Waals surface area (Å²) in [4.78, 5) is 0. The van der Waals surface area contributed by atoms with Gasteiger partial charge in [-0.3, -0.25) is 0 Å². The van der Waals surface area contributed by atoms with Crippen LogP contribution in [-0.4, -0.2) is 35.9 Å². The van der Waals surface area contributed by atoms with Gasteiger partial charge in [0.1, 0.15) is 0 Å². The van der Waals surface area contributed by atoms with Crippen LogP contribution in [0.3, 0.4) is 0 Å². The summed E-state index contributed by atoms with van der Waals surface area (Å²) in [6, 6.07) is 8.33. The number of nitrogens with zero attached hydrogens (tertiary/aromatic N) is 2. The predicted molar refractivity (Wildman–Crippen MR) is 61.6 cm³/mol. The second-order valence-electron chi connectivity index (χ2n) is 3.62. The second kappa shape index (κ2) is 3.50. The fraction of sp³-hybridized carbons (Fsp3) is 0.200. The molecule has 0 fully saturated rings. The third-order valence-electron chi connectivity index (χ3n) is 2.34. The maximum atomic E-state index is 12.0. The molecule has 0 saturated heterocycles. The largest absolute Gasteiger partial charge is 0.494 e. The highest BCUT2D eigenvalue weighted by molar-refractivity contribution is 7.87. The summed E-state index contributed by atoms with van der Waals surface area (Å²) in [5.74, 6) is -0.282. The van der Waals surface area contributed by atoms with Crippen molar-refractivity contribution in [3.63, 3.8) is 0 Å². The minimum Gasteiger partial charge on any atom is -0.494 e. The van der Waals surface area contributed by atoms with Crippen LogP contribution in [0.4, 0.5) is 0 Å². The van der Waals surface area contributed by atoms with Crippen molar-refractivity contribution in [2.45, 2.75) is 0 Å². The molecular formula is C10H12N2O3S. The van der Waals surface area contributed by atoms with Crippen LogP contribution in [-0.2, 0) is 10.2 Å². The molecule has 2 aromatic rings. The average molecular weight is 240 g/mol. The zero-order valence-corrected chi connectivity index (χ0v) is 9.77. The number of benzene rings is 1. The van der Waals surface area contributed by atoms with E-state index < -0.39 is 10.2 Å². The standard InChI is InChI=1S/C10H12N2O3S/c1-11(2)16(14,15)12-9-6-4-3-5-8(9)7-10(12)13/h3-7,13H,1-2H3. The van der Waals surface area contributed by atoms with E-state index in [1.54, 1.807) is 24.3 Å². The lowest BCUT2D eigenvalue weighted by molar-refractivity contribution is 0.438. The van der Waals surface area contributed by atoms with Gasteiger partial charge in [-0.15, -0.1) is 0 Å². The fourth-order valence-electron chi connectivity index (χ4n) is 1.52. The molecule has 1 aromatic heterocycles. The van der Waals surface area contributed by atoms with Crippen molar-refractivity contribution in [3.05, 3.63) is 30.3 Å². The van der Waals surface area contributed by atoms with E-state index in [1.165, 1.54) is 20.2 Å². The lowest BCUT2D eigenvalue weighted by Crippen LogP contribution is -2.28. The lowest BCUT2D eigenvalue weighted by Gasteiger charge is -2.13. The van der Waals surface area contributed by atoms with Gasteiger partial charge < -0.3 is 5.11 Å². The SMILES string of the molecule is CN(C)S(=O)(=O)n1c(O)cc2ccccc21. The Bertz CT molecular complexity index is 629. The van der Waals surface area contributed by atoms with E-state index in [-0.39, 0.29) is 5.88 Å². The maximum Gasteiger partial charge on any atom is 0.310 e. The monoisotopic (exact) mass is 240 g/mol. The Kier molecular flexibility index (Phi) is 2.40. The minimum absolute atomic E-state index is 0.282. The third kappa shape index (κ3) is 1.46. The molecule has 0 aliphatic heterocycles. The molecule has 6 heteroatoms. The van der Waals surface area contributed by atoms with Crippen molar-refractivity contribution in [1.29, 1.82) is 0 Å². The Labute approximate surface area is 93.7 Å². The quantitative estimate of drug-likeness (QED) is 0.851. The van der Waals surface area contributed by atoms with Gasteiger partial charge in [-0.1, -0.05) is 18.2 Å². The molecule has 0 atom stereocenters. The van der Waals surface area contributed by atoms with Gasteiger partial charge >= 0.3 is 10.2 Å². The average Bonchev–Trinajstić information content (AvgIpc) is 2.53. The molecule has 0 bridgehead atoms. The van der Waals surface area contributed by atoms with Crippen molar-refractivity contribution in [3.8, 4) is 5.88 Å². The number of hydrogen-bond acceptors (Lipinski definition) is 3. The fourth-order valence-corrected chi connectivity index (χ4v) is 2.55. The Balaban J connectivity index is 2.84. The molecule has 2 rings (SSSR count). The molecule has 0 saturated carbocycles. The van der Waals surface area contributed by atoms with E-state index >= 15 is 0 Å². The Morgan fingerprint density at radius 1 is 1.25 bits per heavy atom. The molecule has 0 radical (unpaired) electrons. The number of hydrogen-bond donors (Lipinski definition) is 1. The summed E-state index contributed by atoms with van der Waals surface area (Å²) < 4.78 is 25.9. The number of para-hydroxylation sites is 1. The molecule has 0 amide bonds. The van der Waals surface area contributed by atoms with Crippen LogP contribution in [0.2, 0.25) is 0 Å². The summed E-state index contributed by atoms with van der Waals surface area (Å²) in [6.07, 6.45) is 0. The smallest absolute Gasteiger partial charge is 0.310 e. The van der Waals surface area contributed by atoms with Crippen molar-refractivity contribution in [1.82, 2.24) is 8.28 Å². The Hall–Kier alpha value is -1.53. The zero-order chi connectivity index (χ0) is 11.9. The van der Waals surface area contributed by atoms with E-state index in [1.807, 2.05) is 0 Å². The third-order valence-corrected chi connectivity index (χ3v) is 4.11. The first-order valence-corrected chi connectivity index (χ1v) is 6.07. The van der Waals surface area contributed by atoms with Gasteiger partial charge in [-0.2, -0.15) is 16.7 Å².